The van der Waals surface area contributed by atoms with Crippen LogP contribution >= 0.6 is 0 Å². The zero-order valence-corrected chi connectivity index (χ0v) is 9.34. The van der Waals surface area contributed by atoms with Gasteiger partial charge in [-0.15, -0.1) is 0 Å². The molecule has 1 aromatic carbocycles. The van der Waals surface area contributed by atoms with Gasteiger partial charge in [0.2, 0.25) is 5.95 Å². The van der Waals surface area contributed by atoms with E-state index in [-0.39, 0.29) is 11.3 Å². The van der Waals surface area contributed by atoms with E-state index in [1.807, 2.05) is 0 Å². The maximum atomic E-state index is 13.7. The van der Waals surface area contributed by atoms with Crippen LogP contribution in [0.4, 0.5) is 18.9 Å². The number of hydrogen-bond donors (Lipinski definition) is 2. The second kappa shape index (κ2) is 4.21. The summed E-state index contributed by atoms with van der Waals surface area (Å²) in [4.78, 5) is 3.30. The summed E-state index contributed by atoms with van der Waals surface area (Å²) in [6, 6.07) is 4.02. The minimum absolute atomic E-state index is 0.0240. The molecule has 2 aromatic rings. The Kier molecular flexibility index (Phi) is 2.86. The minimum atomic E-state index is -1.35. The van der Waals surface area contributed by atoms with E-state index in [9.17, 15) is 18.3 Å². The standard InChI is InChI=1S/C12H9F3N2O/c1-5-9(13)10(14)11(17-12(5)15)8-6(16)3-2-4-7(8)18/h2-4,18H,16H2,1H3. The molecule has 0 bridgehead atoms. The molecular formula is C12H9F3N2O. The van der Waals surface area contributed by atoms with Crippen molar-refractivity contribution in [2.45, 2.75) is 6.92 Å². The predicted molar refractivity (Wildman–Crippen MR) is 60.4 cm³/mol. The van der Waals surface area contributed by atoms with E-state index in [0.29, 0.717) is 0 Å². The third-order valence-corrected chi connectivity index (χ3v) is 2.56. The third-order valence-electron chi connectivity index (χ3n) is 2.56. The Morgan fingerprint density at radius 3 is 2.44 bits per heavy atom. The average molecular weight is 254 g/mol. The topological polar surface area (TPSA) is 59.1 Å². The molecular weight excluding hydrogens is 245 g/mol. The lowest BCUT2D eigenvalue weighted by Crippen LogP contribution is -2.03. The van der Waals surface area contributed by atoms with E-state index in [1.165, 1.54) is 18.2 Å². The van der Waals surface area contributed by atoms with E-state index < -0.39 is 34.6 Å². The number of halogens is 3. The number of pyridine rings is 1. The van der Waals surface area contributed by atoms with Crippen molar-refractivity contribution in [3.63, 3.8) is 0 Å². The second-order valence-electron chi connectivity index (χ2n) is 3.75. The van der Waals surface area contributed by atoms with Crippen LogP contribution in [-0.2, 0) is 0 Å². The molecule has 1 aromatic heterocycles. The molecule has 0 aliphatic rings. The molecule has 0 atom stereocenters. The molecule has 2 rings (SSSR count). The Bertz CT molecular complexity index is 609. The Morgan fingerprint density at radius 2 is 1.83 bits per heavy atom. The van der Waals surface area contributed by atoms with E-state index in [1.54, 1.807) is 0 Å². The second-order valence-corrected chi connectivity index (χ2v) is 3.75. The van der Waals surface area contributed by atoms with Gasteiger partial charge < -0.3 is 10.8 Å². The van der Waals surface area contributed by atoms with Crippen molar-refractivity contribution < 1.29 is 18.3 Å². The number of aromatic nitrogens is 1. The summed E-state index contributed by atoms with van der Waals surface area (Å²) >= 11 is 0. The van der Waals surface area contributed by atoms with E-state index >= 15 is 0 Å². The van der Waals surface area contributed by atoms with Crippen molar-refractivity contribution in [2.75, 3.05) is 5.73 Å². The molecule has 3 N–H and O–H groups in total. The summed E-state index contributed by atoms with van der Waals surface area (Å²) < 4.78 is 40.5. The van der Waals surface area contributed by atoms with Gasteiger partial charge in [0.25, 0.3) is 0 Å². The lowest BCUT2D eigenvalue weighted by atomic mass is 10.1. The fourth-order valence-corrected chi connectivity index (χ4v) is 1.57. The number of nitrogens with zero attached hydrogens (tertiary/aromatic N) is 1. The number of aromatic hydroxyl groups is 1. The fourth-order valence-electron chi connectivity index (χ4n) is 1.57. The predicted octanol–water partition coefficient (Wildman–Crippen LogP) is 2.76. The van der Waals surface area contributed by atoms with Gasteiger partial charge in [0, 0.05) is 11.3 Å². The van der Waals surface area contributed by atoms with Gasteiger partial charge in [-0.3, -0.25) is 0 Å². The van der Waals surface area contributed by atoms with Gasteiger partial charge in [-0.2, -0.15) is 4.39 Å². The lowest BCUT2D eigenvalue weighted by Gasteiger charge is -2.10. The molecule has 0 saturated heterocycles. The first kappa shape index (κ1) is 12.2. The Hall–Kier alpha value is -2.24. The van der Waals surface area contributed by atoms with Gasteiger partial charge in [0.1, 0.15) is 11.4 Å². The zero-order chi connectivity index (χ0) is 13.4. The van der Waals surface area contributed by atoms with Crippen molar-refractivity contribution >= 4 is 5.69 Å². The van der Waals surface area contributed by atoms with Crippen molar-refractivity contribution in [1.29, 1.82) is 0 Å². The van der Waals surface area contributed by atoms with E-state index in [4.69, 9.17) is 5.73 Å². The number of benzene rings is 1. The van der Waals surface area contributed by atoms with Crippen LogP contribution in [0.1, 0.15) is 5.56 Å². The number of nitrogen functional groups attached to an aromatic ring is 1. The highest BCUT2D eigenvalue weighted by Crippen LogP contribution is 2.35. The molecule has 18 heavy (non-hydrogen) atoms. The Balaban J connectivity index is 2.80. The summed E-state index contributed by atoms with van der Waals surface area (Å²) in [5.41, 5.74) is 4.13. The van der Waals surface area contributed by atoms with Crippen LogP contribution in [0.15, 0.2) is 18.2 Å². The van der Waals surface area contributed by atoms with Crippen molar-refractivity contribution in [2.24, 2.45) is 0 Å². The van der Waals surface area contributed by atoms with Crippen LogP contribution in [0.3, 0.4) is 0 Å². The number of hydrogen-bond acceptors (Lipinski definition) is 3. The number of nitrogens with two attached hydrogens (primary N) is 1. The molecule has 6 heteroatoms. The van der Waals surface area contributed by atoms with Gasteiger partial charge in [-0.25, -0.2) is 13.8 Å². The maximum absolute atomic E-state index is 13.7. The summed E-state index contributed by atoms with van der Waals surface area (Å²) in [7, 11) is 0. The molecule has 0 saturated carbocycles. The SMILES string of the molecule is Cc1c(F)nc(-c2c(N)cccc2O)c(F)c1F. The van der Waals surface area contributed by atoms with Crippen LogP contribution in [0.2, 0.25) is 0 Å². The molecule has 0 aliphatic carbocycles. The molecule has 94 valence electrons. The molecule has 0 amide bonds. The van der Waals surface area contributed by atoms with Crippen molar-refractivity contribution in [3.05, 3.63) is 41.3 Å². The van der Waals surface area contributed by atoms with Gasteiger partial charge in [0.05, 0.1) is 5.56 Å². The van der Waals surface area contributed by atoms with Crippen molar-refractivity contribution in [3.8, 4) is 17.0 Å². The highest BCUT2D eigenvalue weighted by atomic mass is 19.2. The molecule has 0 fully saturated rings. The lowest BCUT2D eigenvalue weighted by molar-refractivity contribution is 0.464. The highest BCUT2D eigenvalue weighted by molar-refractivity contribution is 5.79. The highest BCUT2D eigenvalue weighted by Gasteiger charge is 2.22. The van der Waals surface area contributed by atoms with Crippen LogP contribution < -0.4 is 5.73 Å². The third kappa shape index (κ3) is 1.75. The molecule has 0 aliphatic heterocycles. The first-order valence-corrected chi connectivity index (χ1v) is 5.02. The zero-order valence-electron chi connectivity index (χ0n) is 9.34. The number of phenolic OH excluding ortho intramolecular Hbond substituents is 1. The molecule has 0 radical (unpaired) electrons. The fraction of sp³-hybridized carbons (Fsp3) is 0.0833. The molecule has 0 unspecified atom stereocenters. The first-order valence-electron chi connectivity index (χ1n) is 5.02. The largest absolute Gasteiger partial charge is 0.507 e. The summed E-state index contributed by atoms with van der Waals surface area (Å²) in [6.45, 7) is 1.07. The van der Waals surface area contributed by atoms with Gasteiger partial charge in [0.15, 0.2) is 11.6 Å². The number of anilines is 1. The number of phenols is 1. The van der Waals surface area contributed by atoms with E-state index in [0.717, 1.165) is 6.92 Å². The Labute approximate surface area is 101 Å². The van der Waals surface area contributed by atoms with E-state index in [2.05, 4.69) is 4.98 Å². The normalized spacial score (nSPS) is 10.7. The van der Waals surface area contributed by atoms with Crippen LogP contribution in [0.25, 0.3) is 11.3 Å². The molecule has 1 heterocycles. The van der Waals surface area contributed by atoms with Crippen LogP contribution in [0.5, 0.6) is 5.75 Å². The minimum Gasteiger partial charge on any atom is -0.507 e. The summed E-state index contributed by atoms with van der Waals surface area (Å²) in [6.07, 6.45) is 0. The average Bonchev–Trinajstić information content (AvgIpc) is 2.32. The number of rotatable bonds is 1. The summed E-state index contributed by atoms with van der Waals surface area (Å²) in [5.74, 6) is -4.24. The van der Waals surface area contributed by atoms with Gasteiger partial charge in [-0.05, 0) is 19.1 Å². The summed E-state index contributed by atoms with van der Waals surface area (Å²) in [5, 5.41) is 9.59. The molecule has 3 nitrogen and oxygen atoms in total. The monoisotopic (exact) mass is 254 g/mol. The molecule has 0 spiro atoms. The van der Waals surface area contributed by atoms with Crippen LogP contribution in [0, 0.1) is 24.5 Å². The smallest absolute Gasteiger partial charge is 0.219 e. The van der Waals surface area contributed by atoms with Gasteiger partial charge in [-0.1, -0.05) is 6.07 Å². The van der Waals surface area contributed by atoms with Crippen molar-refractivity contribution in [1.82, 2.24) is 4.98 Å². The Morgan fingerprint density at radius 1 is 1.17 bits per heavy atom. The maximum Gasteiger partial charge on any atom is 0.219 e. The first-order chi connectivity index (χ1) is 8.43. The quantitative estimate of drug-likeness (QED) is 0.607. The van der Waals surface area contributed by atoms with Crippen LogP contribution in [-0.4, -0.2) is 10.1 Å². The van der Waals surface area contributed by atoms with Gasteiger partial charge >= 0.3 is 0 Å².